The summed E-state index contributed by atoms with van der Waals surface area (Å²) in [7, 11) is 4.80. The van der Waals surface area contributed by atoms with Gasteiger partial charge in [0, 0.05) is 18.9 Å². The van der Waals surface area contributed by atoms with Gasteiger partial charge in [0.2, 0.25) is 11.7 Å². The number of amides is 1. The van der Waals surface area contributed by atoms with Crippen molar-refractivity contribution in [1.29, 1.82) is 0 Å². The summed E-state index contributed by atoms with van der Waals surface area (Å²) in [5.41, 5.74) is 1.78. The van der Waals surface area contributed by atoms with Crippen molar-refractivity contribution in [2.75, 3.05) is 54.3 Å². The highest BCUT2D eigenvalue weighted by Gasteiger charge is 2.41. The Kier molecular flexibility index (Phi) is 16.8. The van der Waals surface area contributed by atoms with Gasteiger partial charge in [-0.3, -0.25) is 4.79 Å². The van der Waals surface area contributed by atoms with Crippen LogP contribution in [0.2, 0.25) is 0 Å². The van der Waals surface area contributed by atoms with Crippen LogP contribution in [0.15, 0.2) is 61.7 Å². The van der Waals surface area contributed by atoms with Crippen molar-refractivity contribution < 1.29 is 42.7 Å². The van der Waals surface area contributed by atoms with Crippen LogP contribution >= 0.6 is 0 Å². The fourth-order valence-electron chi connectivity index (χ4n) is 7.18. The van der Waals surface area contributed by atoms with Crippen molar-refractivity contribution >= 4 is 11.9 Å². The van der Waals surface area contributed by atoms with Crippen molar-refractivity contribution in [3.63, 3.8) is 0 Å². The Balaban J connectivity index is 1.55. The SMILES string of the molecule is C=CCOC[C@H](C)COc1cc([C@@H](C(=O)N2CCCC[C@H]2C(=O)O[C@@H](CC=C)COCc2ccc(OC)cc2)C2CCCCC2)cc(OC)c1OC. The maximum atomic E-state index is 14.9. The van der Waals surface area contributed by atoms with Crippen molar-refractivity contribution in [2.24, 2.45) is 11.8 Å². The summed E-state index contributed by atoms with van der Waals surface area (Å²) in [6.07, 6.45) is 10.7. The van der Waals surface area contributed by atoms with Gasteiger partial charge in [-0.2, -0.15) is 0 Å². The van der Waals surface area contributed by atoms with E-state index in [-0.39, 0.29) is 24.3 Å². The maximum absolute atomic E-state index is 14.9. The van der Waals surface area contributed by atoms with Crippen LogP contribution in [-0.4, -0.2) is 83.2 Å². The predicted molar refractivity (Wildman–Crippen MR) is 201 cm³/mol. The lowest BCUT2D eigenvalue weighted by molar-refractivity contribution is -0.164. The number of hydrogen-bond acceptors (Lipinski definition) is 9. The second kappa shape index (κ2) is 21.5. The highest BCUT2D eigenvalue weighted by atomic mass is 16.6. The van der Waals surface area contributed by atoms with Gasteiger partial charge in [0.25, 0.3) is 0 Å². The first-order chi connectivity index (χ1) is 25.3. The summed E-state index contributed by atoms with van der Waals surface area (Å²) in [4.78, 5) is 30.6. The molecule has 2 aromatic rings. The molecule has 1 saturated heterocycles. The van der Waals surface area contributed by atoms with Crippen LogP contribution < -0.4 is 18.9 Å². The van der Waals surface area contributed by atoms with Crippen LogP contribution in [0.4, 0.5) is 0 Å². The Labute approximate surface area is 310 Å². The van der Waals surface area contributed by atoms with E-state index >= 15 is 0 Å². The van der Waals surface area contributed by atoms with E-state index in [1.54, 1.807) is 38.4 Å². The van der Waals surface area contributed by atoms with Gasteiger partial charge in [0.05, 0.1) is 60.3 Å². The van der Waals surface area contributed by atoms with Gasteiger partial charge in [0.1, 0.15) is 17.9 Å². The molecule has 1 aliphatic heterocycles. The minimum Gasteiger partial charge on any atom is -0.497 e. The maximum Gasteiger partial charge on any atom is 0.329 e. The second-order valence-corrected chi connectivity index (χ2v) is 13.9. The van der Waals surface area contributed by atoms with Gasteiger partial charge in [-0.1, -0.05) is 50.5 Å². The predicted octanol–water partition coefficient (Wildman–Crippen LogP) is 7.68. The number of esters is 1. The topological polar surface area (TPSA) is 102 Å². The Morgan fingerprint density at radius 3 is 2.25 bits per heavy atom. The van der Waals surface area contributed by atoms with Gasteiger partial charge in [0.15, 0.2) is 11.5 Å². The van der Waals surface area contributed by atoms with E-state index in [4.69, 9.17) is 33.2 Å². The summed E-state index contributed by atoms with van der Waals surface area (Å²) in [6, 6.07) is 10.8. The first-order valence-corrected chi connectivity index (χ1v) is 18.7. The lowest BCUT2D eigenvalue weighted by atomic mass is 9.75. The number of ether oxygens (including phenoxy) is 7. The first-order valence-electron chi connectivity index (χ1n) is 18.7. The Morgan fingerprint density at radius 1 is 0.846 bits per heavy atom. The number of hydrogen-bond donors (Lipinski definition) is 0. The molecule has 52 heavy (non-hydrogen) atoms. The zero-order valence-corrected chi connectivity index (χ0v) is 31.6. The number of nitrogens with zero attached hydrogens (tertiary/aromatic N) is 1. The zero-order valence-electron chi connectivity index (χ0n) is 31.6. The number of piperidine rings is 1. The molecule has 0 N–H and O–H groups in total. The lowest BCUT2D eigenvalue weighted by Gasteiger charge is -2.39. The average Bonchev–Trinajstić information content (AvgIpc) is 3.17. The van der Waals surface area contributed by atoms with Gasteiger partial charge in [-0.25, -0.2) is 4.79 Å². The number of rotatable bonds is 21. The van der Waals surface area contributed by atoms with Crippen LogP contribution in [0.5, 0.6) is 23.0 Å². The molecule has 0 spiro atoms. The Morgan fingerprint density at radius 2 is 1.58 bits per heavy atom. The summed E-state index contributed by atoms with van der Waals surface area (Å²) in [5.74, 6) is 1.52. The molecular weight excluding hydrogens is 662 g/mol. The molecule has 2 fully saturated rings. The van der Waals surface area contributed by atoms with E-state index in [1.807, 2.05) is 43.3 Å². The molecule has 4 rings (SSSR count). The third-order valence-electron chi connectivity index (χ3n) is 9.88. The van der Waals surface area contributed by atoms with Gasteiger partial charge < -0.3 is 38.1 Å². The highest BCUT2D eigenvalue weighted by molar-refractivity contribution is 5.89. The molecule has 1 heterocycles. The fourth-order valence-corrected chi connectivity index (χ4v) is 7.18. The van der Waals surface area contributed by atoms with E-state index in [9.17, 15) is 9.59 Å². The van der Waals surface area contributed by atoms with Crippen molar-refractivity contribution in [2.45, 2.75) is 89.4 Å². The van der Waals surface area contributed by atoms with Crippen LogP contribution in [-0.2, 0) is 30.4 Å². The molecule has 0 radical (unpaired) electrons. The second-order valence-electron chi connectivity index (χ2n) is 13.9. The summed E-state index contributed by atoms with van der Waals surface area (Å²) >= 11 is 0. The van der Waals surface area contributed by atoms with Crippen LogP contribution in [0.3, 0.4) is 0 Å². The molecule has 0 bridgehead atoms. The molecule has 4 atom stereocenters. The largest absolute Gasteiger partial charge is 0.497 e. The minimum absolute atomic E-state index is 0.0612. The molecule has 1 amide bonds. The summed E-state index contributed by atoms with van der Waals surface area (Å²) in [5, 5.41) is 0. The quantitative estimate of drug-likeness (QED) is 0.0730. The average molecular weight is 722 g/mol. The van der Waals surface area contributed by atoms with Crippen LogP contribution in [0.1, 0.15) is 81.8 Å². The van der Waals surface area contributed by atoms with E-state index in [2.05, 4.69) is 13.2 Å². The van der Waals surface area contributed by atoms with E-state index < -0.39 is 24.0 Å². The van der Waals surface area contributed by atoms with E-state index in [0.29, 0.717) is 63.1 Å². The van der Waals surface area contributed by atoms with E-state index in [1.165, 1.54) is 0 Å². The molecule has 10 heteroatoms. The molecular formula is C42H59NO9. The van der Waals surface area contributed by atoms with Crippen molar-refractivity contribution in [3.8, 4) is 23.0 Å². The third kappa shape index (κ3) is 11.5. The number of carbonyl (C=O) groups excluding carboxylic acids is 2. The number of likely N-dealkylation sites (tertiary alicyclic amines) is 1. The Bertz CT molecular complexity index is 1420. The monoisotopic (exact) mass is 721 g/mol. The number of benzene rings is 2. The van der Waals surface area contributed by atoms with Crippen molar-refractivity contribution in [1.82, 2.24) is 4.90 Å². The van der Waals surface area contributed by atoms with Crippen molar-refractivity contribution in [3.05, 3.63) is 72.8 Å². The minimum atomic E-state index is -0.687. The molecule has 2 aliphatic rings. The number of carbonyl (C=O) groups is 2. The molecule has 1 saturated carbocycles. The first kappa shape index (κ1) is 40.7. The molecule has 0 aromatic heterocycles. The smallest absolute Gasteiger partial charge is 0.329 e. The Hall–Kier alpha value is -4.02. The summed E-state index contributed by atoms with van der Waals surface area (Å²) in [6.45, 7) is 12.1. The third-order valence-corrected chi connectivity index (χ3v) is 9.88. The molecule has 1 aliphatic carbocycles. The van der Waals surface area contributed by atoms with Gasteiger partial charge in [-0.05, 0) is 73.4 Å². The zero-order chi connectivity index (χ0) is 37.3. The molecule has 2 aromatic carbocycles. The van der Waals surface area contributed by atoms with Crippen LogP contribution in [0.25, 0.3) is 0 Å². The standard InChI is InChI=1S/C42H59NO9/c1-7-14-35(29-50-28-31-18-20-34(46-4)21-19-31)52-42(45)36-17-12-13-22-43(36)41(44)39(32-15-10-9-11-16-32)33-24-37(47-5)40(48-6)38(25-33)51-27-30(3)26-49-23-8-2/h7-8,18-21,24-25,30,32,35-36,39H,1-2,9-17,22-23,26-29H2,3-6H3/t30-,35-,36-,39-/m0/s1. The molecule has 10 nitrogen and oxygen atoms in total. The van der Waals surface area contributed by atoms with Gasteiger partial charge in [-0.15, -0.1) is 13.2 Å². The fraction of sp³-hybridized carbons (Fsp3) is 0.571. The lowest BCUT2D eigenvalue weighted by Crippen LogP contribution is -2.52. The number of methoxy groups -OCH3 is 3. The normalized spacial score (nSPS) is 18.1. The summed E-state index contributed by atoms with van der Waals surface area (Å²) < 4.78 is 40.8. The molecule has 0 unspecified atom stereocenters. The van der Waals surface area contributed by atoms with Crippen LogP contribution in [0, 0.1) is 11.8 Å². The van der Waals surface area contributed by atoms with Gasteiger partial charge >= 0.3 is 5.97 Å². The van der Waals surface area contributed by atoms with E-state index in [0.717, 1.165) is 61.8 Å². The molecule has 286 valence electrons. The highest BCUT2D eigenvalue weighted by Crippen LogP contribution is 2.45.